The van der Waals surface area contributed by atoms with Crippen LogP contribution in [-0.2, 0) is 28.0 Å². The summed E-state index contributed by atoms with van der Waals surface area (Å²) in [7, 11) is 0. The molecule has 2 heterocycles. The van der Waals surface area contributed by atoms with Crippen LogP contribution in [-0.4, -0.2) is 22.8 Å². The molecule has 3 aromatic rings. The molecule has 1 aliphatic heterocycles. The monoisotopic (exact) mass is 448 g/mol. The largest absolute Gasteiger partial charge is 0.457 e. The highest BCUT2D eigenvalue weighted by molar-refractivity contribution is 6.31. The molecule has 0 aliphatic carbocycles. The van der Waals surface area contributed by atoms with E-state index < -0.39 is 17.5 Å². The fraction of sp³-hybridized carbons (Fsp3) is 0.227. The fourth-order valence-electron chi connectivity index (χ4n) is 3.29. The van der Waals surface area contributed by atoms with Crippen molar-refractivity contribution in [2.45, 2.75) is 18.5 Å². The van der Waals surface area contributed by atoms with Crippen molar-refractivity contribution in [1.82, 2.24) is 9.55 Å². The first-order valence-corrected chi connectivity index (χ1v) is 9.58. The van der Waals surface area contributed by atoms with Crippen molar-refractivity contribution in [2.24, 2.45) is 0 Å². The lowest BCUT2D eigenvalue weighted by Gasteiger charge is -2.29. The Morgan fingerprint density at radius 1 is 1.13 bits per heavy atom. The van der Waals surface area contributed by atoms with Gasteiger partial charge in [-0.05, 0) is 42.5 Å². The second-order valence-electron chi connectivity index (χ2n) is 6.77. The molecule has 0 amide bonds. The van der Waals surface area contributed by atoms with Crippen LogP contribution in [0.5, 0.6) is 11.5 Å². The maximum Gasteiger partial charge on any atom is 0.416 e. The Kier molecular flexibility index (Phi) is 5.67. The molecule has 0 spiro atoms. The lowest BCUT2D eigenvalue weighted by atomic mass is 10.0. The van der Waals surface area contributed by atoms with E-state index in [1.54, 1.807) is 35.3 Å². The lowest BCUT2D eigenvalue weighted by Crippen LogP contribution is -2.33. The van der Waals surface area contributed by atoms with Crippen LogP contribution in [0.2, 0.25) is 5.02 Å². The molecule has 4 rings (SSSR count). The quantitative estimate of drug-likeness (QED) is 0.501. The van der Waals surface area contributed by atoms with Crippen LogP contribution in [0.1, 0.15) is 16.8 Å². The third kappa shape index (κ3) is 4.39. The van der Waals surface area contributed by atoms with Crippen LogP contribution in [0.25, 0.3) is 0 Å². The molecule has 0 saturated carbocycles. The molecule has 0 atom stereocenters. The molecule has 2 aromatic carbocycles. The molecule has 0 unspecified atom stereocenters. The van der Waals surface area contributed by atoms with Gasteiger partial charge >= 0.3 is 6.18 Å². The van der Waals surface area contributed by atoms with Crippen molar-refractivity contribution in [2.75, 3.05) is 13.2 Å². The van der Waals surface area contributed by atoms with Gasteiger partial charge in [0, 0.05) is 5.56 Å². The van der Waals surface area contributed by atoms with Crippen LogP contribution >= 0.6 is 11.6 Å². The van der Waals surface area contributed by atoms with Gasteiger partial charge in [0.15, 0.2) is 0 Å². The molecular weight excluding hydrogens is 433 g/mol. The molecule has 1 fully saturated rings. The zero-order valence-corrected chi connectivity index (χ0v) is 16.8. The number of benzene rings is 2. The van der Waals surface area contributed by atoms with Gasteiger partial charge in [-0.3, -0.25) is 0 Å². The van der Waals surface area contributed by atoms with Crippen LogP contribution < -0.4 is 4.74 Å². The first-order chi connectivity index (χ1) is 14.8. The van der Waals surface area contributed by atoms with Gasteiger partial charge in [-0.1, -0.05) is 17.5 Å². The molecule has 1 aromatic heterocycles. The summed E-state index contributed by atoms with van der Waals surface area (Å²) < 4.78 is 57.3. The Hall–Kier alpha value is -2.99. The van der Waals surface area contributed by atoms with Crippen LogP contribution in [0.3, 0.4) is 0 Å². The molecule has 160 valence electrons. The second kappa shape index (κ2) is 8.27. The average Bonchev–Trinajstić information content (AvgIpc) is 3.38. The van der Waals surface area contributed by atoms with E-state index >= 15 is 0 Å². The molecular formula is C22H16ClF3N2O3. The number of alkyl halides is 3. The third-order valence-corrected chi connectivity index (χ3v) is 5.07. The zero-order valence-electron chi connectivity index (χ0n) is 16.0. The summed E-state index contributed by atoms with van der Waals surface area (Å²) in [6.07, 6.45) is 4.24. The third-order valence-electron chi connectivity index (χ3n) is 4.76. The number of hydrogen-bond acceptors (Lipinski definition) is 4. The Bertz CT molecular complexity index is 1110. The molecule has 1 aliphatic rings. The van der Waals surface area contributed by atoms with Crippen molar-refractivity contribution in [3.05, 3.63) is 76.8 Å². The molecule has 0 radical (unpaired) electrons. The number of terminal acetylenes is 1. The Balaban J connectivity index is 1.58. The zero-order chi connectivity index (χ0) is 22.1. The summed E-state index contributed by atoms with van der Waals surface area (Å²) in [5.74, 6) is 1.99. The molecule has 31 heavy (non-hydrogen) atoms. The van der Waals surface area contributed by atoms with Crippen molar-refractivity contribution in [1.29, 1.82) is 0 Å². The summed E-state index contributed by atoms with van der Waals surface area (Å²) in [6, 6.07) is 9.29. The predicted molar refractivity (Wildman–Crippen MR) is 107 cm³/mol. The van der Waals surface area contributed by atoms with E-state index in [0.717, 1.165) is 12.1 Å². The highest BCUT2D eigenvalue weighted by Crippen LogP contribution is 2.40. The van der Waals surface area contributed by atoms with Crippen molar-refractivity contribution >= 4 is 11.6 Å². The summed E-state index contributed by atoms with van der Waals surface area (Å²) in [6.45, 7) is 0.992. The molecule has 9 heteroatoms. The molecule has 0 N–H and O–H groups in total. The molecule has 5 nitrogen and oxygen atoms in total. The van der Waals surface area contributed by atoms with Gasteiger partial charge in [-0.2, -0.15) is 13.2 Å². The van der Waals surface area contributed by atoms with Crippen LogP contribution in [0.15, 0.2) is 55.0 Å². The van der Waals surface area contributed by atoms with E-state index in [9.17, 15) is 13.2 Å². The maximum atomic E-state index is 12.7. The number of ether oxygens (including phenoxy) is 3. The van der Waals surface area contributed by atoms with Crippen molar-refractivity contribution in [3.8, 4) is 23.8 Å². The number of rotatable bonds is 5. The van der Waals surface area contributed by atoms with Crippen molar-refractivity contribution < 1.29 is 27.4 Å². The summed E-state index contributed by atoms with van der Waals surface area (Å²) in [5, 5.41) is 0.314. The minimum atomic E-state index is -4.41. The topological polar surface area (TPSA) is 45.5 Å². The minimum absolute atomic E-state index is 0.241. The first-order valence-electron chi connectivity index (χ1n) is 9.20. The van der Waals surface area contributed by atoms with E-state index in [1.807, 2.05) is 0 Å². The number of nitrogens with zero attached hydrogens (tertiary/aromatic N) is 2. The summed E-state index contributed by atoms with van der Waals surface area (Å²) in [5.41, 5.74) is 0.386. The normalized spacial score (nSPS) is 15.6. The number of aromatic nitrogens is 2. The van der Waals surface area contributed by atoms with Crippen LogP contribution in [0, 0.1) is 12.3 Å². The molecule has 0 bridgehead atoms. The number of halogens is 4. The fourth-order valence-corrected chi connectivity index (χ4v) is 3.61. The predicted octanol–water partition coefficient (Wildman–Crippen LogP) is 5.23. The second-order valence-corrected chi connectivity index (χ2v) is 7.17. The standard InChI is InChI=1S/C22H16ClF3N2O3/c1-2-16-12-27-14-28(16)13-21(29-9-10-30-21)19-8-7-18(11-20(19)23)31-17-5-3-15(4-6-17)22(24,25)26/h1,3-8,11-12,14H,9-10,13H2. The van der Waals surface area contributed by atoms with Gasteiger partial charge in [0.2, 0.25) is 5.79 Å². The number of imidazole rings is 1. The van der Waals surface area contributed by atoms with Gasteiger partial charge < -0.3 is 18.8 Å². The van der Waals surface area contributed by atoms with Crippen LogP contribution in [0.4, 0.5) is 13.2 Å². The van der Waals surface area contributed by atoms with E-state index in [0.29, 0.717) is 35.2 Å². The summed E-state index contributed by atoms with van der Waals surface area (Å²) in [4.78, 5) is 4.05. The van der Waals surface area contributed by atoms with Gasteiger partial charge in [0.05, 0.1) is 42.9 Å². The minimum Gasteiger partial charge on any atom is -0.457 e. The van der Waals surface area contributed by atoms with E-state index in [2.05, 4.69) is 10.9 Å². The van der Waals surface area contributed by atoms with E-state index in [4.69, 9.17) is 32.2 Å². The van der Waals surface area contributed by atoms with E-state index in [1.165, 1.54) is 12.1 Å². The van der Waals surface area contributed by atoms with Gasteiger partial charge in [0.25, 0.3) is 0 Å². The van der Waals surface area contributed by atoms with Crippen molar-refractivity contribution in [3.63, 3.8) is 0 Å². The number of hydrogen-bond donors (Lipinski definition) is 0. The first kappa shape index (κ1) is 21.2. The Morgan fingerprint density at radius 2 is 1.81 bits per heavy atom. The SMILES string of the molecule is C#Cc1cncn1CC1(c2ccc(Oc3ccc(C(F)(F)F)cc3)cc2Cl)OCCO1. The Labute approximate surface area is 181 Å². The lowest BCUT2D eigenvalue weighted by molar-refractivity contribution is -0.176. The highest BCUT2D eigenvalue weighted by atomic mass is 35.5. The summed E-state index contributed by atoms with van der Waals surface area (Å²) >= 11 is 6.51. The van der Waals surface area contributed by atoms with Gasteiger partial charge in [-0.15, -0.1) is 6.42 Å². The molecule has 1 saturated heterocycles. The van der Waals surface area contributed by atoms with E-state index in [-0.39, 0.29) is 12.3 Å². The Morgan fingerprint density at radius 3 is 2.42 bits per heavy atom. The van der Waals surface area contributed by atoms with Gasteiger partial charge in [0.1, 0.15) is 17.2 Å². The highest BCUT2D eigenvalue weighted by Gasteiger charge is 2.41. The smallest absolute Gasteiger partial charge is 0.416 e. The average molecular weight is 449 g/mol. The maximum absolute atomic E-state index is 12.7. The van der Waals surface area contributed by atoms with Gasteiger partial charge in [-0.25, -0.2) is 4.98 Å².